The molecular weight excluding hydrogens is 590 g/mol. The first kappa shape index (κ1) is 27.7. The summed E-state index contributed by atoms with van der Waals surface area (Å²) in [6.45, 7) is 0. The molecule has 0 radical (unpaired) electrons. The predicted octanol–water partition coefficient (Wildman–Crippen LogP) is 6.64. The Bertz CT molecular complexity index is 2000. The molecule has 3 aliphatic heterocycles. The summed E-state index contributed by atoms with van der Waals surface area (Å²) in [7, 11) is 0. The Balaban J connectivity index is 1.36. The van der Waals surface area contributed by atoms with Crippen LogP contribution in [0.15, 0.2) is 169 Å². The standard InChI is InChI=1S/C36H25N9O2/c46-28-21-22-29(30(47)23-28)31-37-32-39-34(43(24-13-5-1-6-14-24)25-15-7-2-8-16-25)41-36-42-35(40-33(38-31)45(32)36)44(26-17-9-3-10-18-26)27-19-11-4-12-20-27/h1-23,46-47H. The number of aromatic hydroxyl groups is 2. The predicted molar refractivity (Wildman–Crippen MR) is 185 cm³/mol. The molecule has 11 nitrogen and oxygen atoms in total. The van der Waals surface area contributed by atoms with Crippen molar-refractivity contribution in [1.29, 1.82) is 0 Å². The molecular formula is C36H25N9O2. The van der Waals surface area contributed by atoms with Gasteiger partial charge in [-0.1, -0.05) is 72.8 Å². The lowest BCUT2D eigenvalue weighted by molar-refractivity contribution is 0.450. The molecule has 3 heterocycles. The minimum atomic E-state index is -0.189. The van der Waals surface area contributed by atoms with E-state index in [2.05, 4.69) is 0 Å². The molecule has 0 aromatic heterocycles. The molecule has 8 rings (SSSR count). The minimum absolute atomic E-state index is 0.0866. The molecule has 0 amide bonds. The zero-order valence-corrected chi connectivity index (χ0v) is 24.7. The maximum Gasteiger partial charge on any atom is 0.246 e. The van der Waals surface area contributed by atoms with Crippen LogP contribution in [0.4, 0.5) is 22.7 Å². The molecule has 47 heavy (non-hydrogen) atoms. The van der Waals surface area contributed by atoms with Gasteiger partial charge in [-0.2, -0.15) is 30.0 Å². The van der Waals surface area contributed by atoms with Crippen molar-refractivity contribution in [3.05, 3.63) is 145 Å². The molecule has 5 aromatic carbocycles. The maximum absolute atomic E-state index is 10.8. The summed E-state index contributed by atoms with van der Waals surface area (Å²) in [6.07, 6.45) is 0. The average Bonchev–Trinajstić information content (AvgIpc) is 3.10. The van der Waals surface area contributed by atoms with E-state index in [9.17, 15) is 10.2 Å². The van der Waals surface area contributed by atoms with Gasteiger partial charge in [-0.15, -0.1) is 0 Å². The number of phenols is 2. The lowest BCUT2D eigenvalue weighted by Gasteiger charge is -2.34. The smallest absolute Gasteiger partial charge is 0.246 e. The third-order valence-corrected chi connectivity index (χ3v) is 7.49. The number of phenolic OH excluding ortho intramolecular Hbond substituents is 2. The van der Waals surface area contributed by atoms with Gasteiger partial charge in [-0.05, 0) is 60.7 Å². The van der Waals surface area contributed by atoms with Crippen LogP contribution in [0.25, 0.3) is 0 Å². The summed E-state index contributed by atoms with van der Waals surface area (Å²) in [5, 5.41) is 20.7. The molecule has 0 saturated heterocycles. The van der Waals surface area contributed by atoms with Crippen molar-refractivity contribution in [3.63, 3.8) is 0 Å². The van der Waals surface area contributed by atoms with E-state index in [1.54, 1.807) is 11.0 Å². The maximum atomic E-state index is 10.8. The first-order valence-electron chi connectivity index (χ1n) is 14.8. The Morgan fingerprint density at radius 2 is 0.830 bits per heavy atom. The van der Waals surface area contributed by atoms with Gasteiger partial charge in [0.05, 0.1) is 5.56 Å². The van der Waals surface area contributed by atoms with Crippen molar-refractivity contribution < 1.29 is 10.2 Å². The topological polar surface area (TPSA) is 124 Å². The van der Waals surface area contributed by atoms with Crippen LogP contribution in [0.1, 0.15) is 5.56 Å². The highest BCUT2D eigenvalue weighted by Crippen LogP contribution is 2.32. The average molecular weight is 616 g/mol. The van der Waals surface area contributed by atoms with Gasteiger partial charge in [-0.3, -0.25) is 9.80 Å². The van der Waals surface area contributed by atoms with Crippen molar-refractivity contribution >= 4 is 58.4 Å². The van der Waals surface area contributed by atoms with E-state index in [1.165, 1.54) is 12.1 Å². The summed E-state index contributed by atoms with van der Waals surface area (Å²) in [4.78, 5) is 34.7. The van der Waals surface area contributed by atoms with Crippen molar-refractivity contribution in [2.24, 2.45) is 30.0 Å². The van der Waals surface area contributed by atoms with Crippen molar-refractivity contribution in [3.8, 4) is 11.5 Å². The normalized spacial score (nSPS) is 14.9. The zero-order valence-electron chi connectivity index (χ0n) is 24.7. The Labute approximate surface area is 269 Å². The van der Waals surface area contributed by atoms with Crippen LogP contribution in [0.5, 0.6) is 11.5 Å². The second-order valence-corrected chi connectivity index (χ2v) is 10.5. The van der Waals surface area contributed by atoms with Crippen LogP contribution < -0.4 is 9.80 Å². The summed E-state index contributed by atoms with van der Waals surface area (Å²) >= 11 is 0. The first-order valence-corrected chi connectivity index (χ1v) is 14.8. The number of guanidine groups is 5. The summed E-state index contributed by atoms with van der Waals surface area (Å²) < 4.78 is 0. The van der Waals surface area contributed by atoms with E-state index in [0.29, 0.717) is 17.5 Å². The van der Waals surface area contributed by atoms with Gasteiger partial charge in [0, 0.05) is 28.8 Å². The van der Waals surface area contributed by atoms with Crippen LogP contribution in [0, 0.1) is 0 Å². The Morgan fingerprint density at radius 1 is 0.426 bits per heavy atom. The molecule has 0 atom stereocenters. The van der Waals surface area contributed by atoms with Crippen LogP contribution in [0.3, 0.4) is 0 Å². The van der Waals surface area contributed by atoms with Crippen LogP contribution in [0.2, 0.25) is 0 Å². The molecule has 11 heteroatoms. The number of hydrogen-bond donors (Lipinski definition) is 2. The van der Waals surface area contributed by atoms with E-state index < -0.39 is 0 Å². The lowest BCUT2D eigenvalue weighted by Crippen LogP contribution is -2.50. The Hall–Kier alpha value is -6.88. The number of nitrogens with zero attached hydrogens (tertiary/aromatic N) is 9. The number of amidine groups is 1. The minimum Gasteiger partial charge on any atom is -0.508 e. The second-order valence-electron chi connectivity index (χ2n) is 10.5. The SMILES string of the molecule is Oc1ccc(C2=NC3=NC(N(c4ccccc4)c4ccccc4)=NC4=NC(N(c5ccccc5)c5ccccc5)=NC(=N2)N34)c(O)c1. The van der Waals surface area contributed by atoms with Gasteiger partial charge in [-0.25, -0.2) is 4.90 Å². The summed E-state index contributed by atoms with van der Waals surface area (Å²) in [5.74, 6) is 1.22. The van der Waals surface area contributed by atoms with Crippen LogP contribution in [-0.4, -0.2) is 50.7 Å². The molecule has 0 bridgehead atoms. The van der Waals surface area contributed by atoms with Crippen molar-refractivity contribution in [1.82, 2.24) is 4.90 Å². The summed E-state index contributed by atoms with van der Waals surface area (Å²) in [5.41, 5.74) is 3.64. The highest BCUT2D eigenvalue weighted by Gasteiger charge is 2.38. The monoisotopic (exact) mass is 615 g/mol. The lowest BCUT2D eigenvalue weighted by atomic mass is 10.1. The van der Waals surface area contributed by atoms with E-state index in [4.69, 9.17) is 30.0 Å². The second kappa shape index (κ2) is 11.6. The van der Waals surface area contributed by atoms with Crippen LogP contribution >= 0.6 is 0 Å². The Morgan fingerprint density at radius 3 is 1.26 bits per heavy atom. The molecule has 0 spiro atoms. The molecule has 0 fully saturated rings. The molecule has 0 saturated carbocycles. The number of anilines is 4. The van der Waals surface area contributed by atoms with Crippen molar-refractivity contribution in [2.45, 2.75) is 0 Å². The van der Waals surface area contributed by atoms with E-state index >= 15 is 0 Å². The highest BCUT2D eigenvalue weighted by molar-refractivity contribution is 6.34. The summed E-state index contributed by atoms with van der Waals surface area (Å²) in [6, 6.07) is 43.4. The number of hydrogen-bond acceptors (Lipinski definition) is 11. The molecule has 226 valence electrons. The largest absolute Gasteiger partial charge is 0.508 e. The molecule has 5 aromatic rings. The molecule has 0 aliphatic carbocycles. The van der Waals surface area contributed by atoms with Gasteiger partial charge in [0.2, 0.25) is 29.8 Å². The number of benzene rings is 5. The highest BCUT2D eigenvalue weighted by atomic mass is 16.3. The van der Waals surface area contributed by atoms with Gasteiger partial charge in [0.25, 0.3) is 0 Å². The fourth-order valence-corrected chi connectivity index (χ4v) is 5.36. The third-order valence-electron chi connectivity index (χ3n) is 7.49. The quantitative estimate of drug-likeness (QED) is 0.229. The number of aliphatic imine (C=N–C) groups is 6. The zero-order chi connectivity index (χ0) is 31.7. The van der Waals surface area contributed by atoms with Crippen molar-refractivity contribution in [2.75, 3.05) is 9.80 Å². The fourth-order valence-electron chi connectivity index (χ4n) is 5.36. The molecule has 0 unspecified atom stereocenters. The number of rotatable bonds is 5. The van der Waals surface area contributed by atoms with Gasteiger partial charge >= 0.3 is 0 Å². The first-order chi connectivity index (χ1) is 23.1. The third kappa shape index (κ3) is 5.17. The van der Waals surface area contributed by atoms with Gasteiger partial charge in [0.15, 0.2) is 5.84 Å². The molecule has 3 aliphatic rings. The molecule has 2 N–H and O–H groups in total. The van der Waals surface area contributed by atoms with Gasteiger partial charge in [0.1, 0.15) is 11.5 Å². The van der Waals surface area contributed by atoms with E-state index in [-0.39, 0.29) is 35.2 Å². The van der Waals surface area contributed by atoms with Gasteiger partial charge < -0.3 is 10.2 Å². The van der Waals surface area contributed by atoms with E-state index in [1.807, 2.05) is 131 Å². The van der Waals surface area contributed by atoms with Crippen LogP contribution in [-0.2, 0) is 0 Å². The Kier molecular flexibility index (Phi) is 6.80. The number of para-hydroxylation sites is 4. The fraction of sp³-hybridized carbons (Fsp3) is 0. The van der Waals surface area contributed by atoms with E-state index in [0.717, 1.165) is 22.7 Å².